The first kappa shape index (κ1) is 19.8. The average Bonchev–Trinajstić information content (AvgIpc) is 2.78. The highest BCUT2D eigenvalue weighted by atomic mass is 16.5. The molecule has 0 fully saturated rings. The summed E-state index contributed by atoms with van der Waals surface area (Å²) in [6.07, 6.45) is 1.77. The molecule has 1 aliphatic carbocycles. The van der Waals surface area contributed by atoms with Gasteiger partial charge in [-0.15, -0.1) is 0 Å². The molecule has 0 saturated carbocycles. The lowest BCUT2D eigenvalue weighted by molar-refractivity contribution is -0.135. The fourth-order valence-corrected chi connectivity index (χ4v) is 3.79. The van der Waals surface area contributed by atoms with Crippen molar-refractivity contribution in [1.29, 1.82) is 0 Å². The number of nitrogens with zero attached hydrogens (tertiary/aromatic N) is 1. The second-order valence-electron chi connectivity index (χ2n) is 7.38. The fourth-order valence-electron chi connectivity index (χ4n) is 3.79. The van der Waals surface area contributed by atoms with Crippen molar-refractivity contribution in [2.45, 2.75) is 32.2 Å². The van der Waals surface area contributed by atoms with Crippen molar-refractivity contribution in [3.8, 4) is 0 Å². The first-order valence-electron chi connectivity index (χ1n) is 10.2. The number of benzene rings is 3. The van der Waals surface area contributed by atoms with Crippen molar-refractivity contribution < 1.29 is 14.3 Å². The molecular formula is C25H24N2O3. The van der Waals surface area contributed by atoms with Crippen LogP contribution in [-0.4, -0.2) is 30.1 Å². The molecule has 0 bridgehead atoms. The molecule has 0 amide bonds. The number of carbonyl (C=O) groups is 2. The van der Waals surface area contributed by atoms with Crippen LogP contribution in [-0.2, 0) is 22.4 Å². The highest BCUT2D eigenvalue weighted by Crippen LogP contribution is 2.21. The zero-order chi connectivity index (χ0) is 20.9. The van der Waals surface area contributed by atoms with Crippen molar-refractivity contribution in [2.75, 3.05) is 6.61 Å². The summed E-state index contributed by atoms with van der Waals surface area (Å²) in [5.41, 5.74) is 5.96. The van der Waals surface area contributed by atoms with E-state index in [2.05, 4.69) is 10.5 Å². The van der Waals surface area contributed by atoms with E-state index in [0.29, 0.717) is 12.8 Å². The Morgan fingerprint density at radius 1 is 1.07 bits per heavy atom. The summed E-state index contributed by atoms with van der Waals surface area (Å²) < 4.78 is 5.19. The number of fused-ring (bicyclic) bond motifs is 2. The van der Waals surface area contributed by atoms with Gasteiger partial charge in [0, 0.05) is 12.0 Å². The van der Waals surface area contributed by atoms with Gasteiger partial charge in [-0.05, 0) is 41.7 Å². The van der Waals surface area contributed by atoms with Gasteiger partial charge in [0.2, 0.25) is 0 Å². The van der Waals surface area contributed by atoms with Crippen molar-refractivity contribution in [1.82, 2.24) is 5.43 Å². The van der Waals surface area contributed by atoms with Crippen molar-refractivity contribution in [3.05, 3.63) is 83.4 Å². The summed E-state index contributed by atoms with van der Waals surface area (Å²) >= 11 is 0. The minimum absolute atomic E-state index is 0.00881. The van der Waals surface area contributed by atoms with Crippen molar-refractivity contribution in [2.24, 2.45) is 5.10 Å². The molecule has 0 radical (unpaired) electrons. The van der Waals surface area contributed by atoms with Crippen molar-refractivity contribution in [3.63, 3.8) is 0 Å². The standard InChI is InChI=1S/C25H24N2O3/c1-2-30-25(29)23(16-17-11-12-18-7-3-4-9-20(18)15-17)27-26-22-14-13-19-8-5-6-10-21(19)24(22)28/h3-12,15,22,26H,2,13-14,16H2,1H3/b27-23-/t22-/m0/s1. The Bertz CT molecular complexity index is 1120. The van der Waals surface area contributed by atoms with Gasteiger partial charge in [-0.2, -0.15) is 5.10 Å². The number of hydrogen-bond donors (Lipinski definition) is 1. The Hall–Kier alpha value is -3.47. The van der Waals surface area contributed by atoms with Gasteiger partial charge in [0.15, 0.2) is 5.78 Å². The Balaban J connectivity index is 1.55. The molecule has 30 heavy (non-hydrogen) atoms. The predicted octanol–water partition coefficient (Wildman–Crippen LogP) is 4.09. The monoisotopic (exact) mass is 400 g/mol. The summed E-state index contributed by atoms with van der Waals surface area (Å²) in [6.45, 7) is 2.03. The molecule has 4 rings (SSSR count). The van der Waals surface area contributed by atoms with Gasteiger partial charge in [0.1, 0.15) is 11.8 Å². The van der Waals surface area contributed by atoms with Crippen LogP contribution in [0.2, 0.25) is 0 Å². The van der Waals surface area contributed by atoms with Gasteiger partial charge in [-0.25, -0.2) is 4.79 Å². The Kier molecular flexibility index (Phi) is 5.89. The maximum absolute atomic E-state index is 12.8. The minimum Gasteiger partial charge on any atom is -0.461 e. The third-order valence-corrected chi connectivity index (χ3v) is 5.35. The first-order chi connectivity index (χ1) is 14.7. The minimum atomic E-state index is -0.471. The van der Waals surface area contributed by atoms with Crippen LogP contribution < -0.4 is 5.43 Å². The Labute approximate surface area is 175 Å². The second-order valence-corrected chi connectivity index (χ2v) is 7.38. The molecule has 1 atom stereocenters. The lowest BCUT2D eigenvalue weighted by Crippen LogP contribution is -2.39. The van der Waals surface area contributed by atoms with Crippen LogP contribution in [0.1, 0.15) is 34.8 Å². The molecule has 0 unspecified atom stereocenters. The van der Waals surface area contributed by atoms with Gasteiger partial charge < -0.3 is 4.74 Å². The number of aryl methyl sites for hydroxylation is 1. The van der Waals surface area contributed by atoms with Crippen LogP contribution in [0.3, 0.4) is 0 Å². The quantitative estimate of drug-likeness (QED) is 0.384. The SMILES string of the molecule is CCOC(=O)/C(Cc1ccc2ccccc2c1)=N\N[C@H]1CCc2ccccc2C1=O. The summed E-state index contributed by atoms with van der Waals surface area (Å²) in [6, 6.07) is 21.3. The van der Waals surface area contributed by atoms with Crippen LogP contribution in [0.25, 0.3) is 10.8 Å². The molecular weight excluding hydrogens is 376 g/mol. The third kappa shape index (κ3) is 4.25. The van der Waals surface area contributed by atoms with E-state index in [4.69, 9.17) is 4.74 Å². The Morgan fingerprint density at radius 3 is 2.67 bits per heavy atom. The molecule has 0 spiro atoms. The number of carbonyl (C=O) groups excluding carboxylic acids is 2. The van der Waals surface area contributed by atoms with Crippen LogP contribution in [0.15, 0.2) is 71.8 Å². The van der Waals surface area contributed by atoms with E-state index in [0.717, 1.165) is 33.9 Å². The average molecular weight is 400 g/mol. The highest BCUT2D eigenvalue weighted by molar-refractivity contribution is 6.37. The summed E-state index contributed by atoms with van der Waals surface area (Å²) in [5.74, 6) is -0.462. The van der Waals surface area contributed by atoms with E-state index in [9.17, 15) is 9.59 Å². The molecule has 5 heteroatoms. The number of hydrazone groups is 1. The van der Waals surface area contributed by atoms with E-state index in [1.54, 1.807) is 6.92 Å². The zero-order valence-electron chi connectivity index (χ0n) is 16.9. The molecule has 1 N–H and O–H groups in total. The van der Waals surface area contributed by atoms with E-state index in [-0.39, 0.29) is 18.1 Å². The van der Waals surface area contributed by atoms with E-state index >= 15 is 0 Å². The summed E-state index contributed by atoms with van der Waals surface area (Å²) in [5, 5.41) is 6.58. The third-order valence-electron chi connectivity index (χ3n) is 5.35. The second kappa shape index (κ2) is 8.91. The van der Waals surface area contributed by atoms with Crippen LogP contribution in [0.5, 0.6) is 0 Å². The molecule has 0 aromatic heterocycles. The number of rotatable bonds is 6. The molecule has 3 aromatic carbocycles. The van der Waals surface area contributed by atoms with Crippen LogP contribution in [0.4, 0.5) is 0 Å². The number of Topliss-reactive ketones (excluding diaryl/α,β-unsaturated/α-hetero) is 1. The molecule has 5 nitrogen and oxygen atoms in total. The molecule has 1 aliphatic rings. The first-order valence-corrected chi connectivity index (χ1v) is 10.2. The van der Waals surface area contributed by atoms with Crippen LogP contribution >= 0.6 is 0 Å². The summed E-state index contributed by atoms with van der Waals surface area (Å²) in [4.78, 5) is 25.3. The number of hydrogen-bond acceptors (Lipinski definition) is 5. The normalized spacial score (nSPS) is 16.2. The number of ketones is 1. The van der Waals surface area contributed by atoms with Gasteiger partial charge in [-0.1, -0.05) is 66.7 Å². The molecule has 152 valence electrons. The lowest BCUT2D eigenvalue weighted by atomic mass is 9.87. The molecule has 3 aromatic rings. The maximum atomic E-state index is 12.8. The largest absolute Gasteiger partial charge is 0.461 e. The van der Waals surface area contributed by atoms with Gasteiger partial charge in [-0.3, -0.25) is 10.2 Å². The number of ether oxygens (including phenoxy) is 1. The smallest absolute Gasteiger partial charge is 0.354 e. The van der Waals surface area contributed by atoms with Gasteiger partial charge in [0.25, 0.3) is 0 Å². The van der Waals surface area contributed by atoms with Gasteiger partial charge >= 0.3 is 5.97 Å². The maximum Gasteiger partial charge on any atom is 0.354 e. The van der Waals surface area contributed by atoms with E-state index in [1.807, 2.05) is 66.7 Å². The Morgan fingerprint density at radius 2 is 1.83 bits per heavy atom. The molecule has 0 heterocycles. The van der Waals surface area contributed by atoms with Crippen molar-refractivity contribution >= 4 is 28.2 Å². The molecule has 0 saturated heterocycles. The number of esters is 1. The van der Waals surface area contributed by atoms with Gasteiger partial charge in [0.05, 0.1) is 6.61 Å². The topological polar surface area (TPSA) is 67.8 Å². The van der Waals surface area contributed by atoms with E-state index in [1.165, 1.54) is 0 Å². The molecule has 0 aliphatic heterocycles. The number of nitrogens with one attached hydrogen (secondary N) is 1. The van der Waals surface area contributed by atoms with E-state index < -0.39 is 12.0 Å². The fraction of sp³-hybridized carbons (Fsp3) is 0.240. The zero-order valence-corrected chi connectivity index (χ0v) is 16.9. The highest BCUT2D eigenvalue weighted by Gasteiger charge is 2.27. The van der Waals surface area contributed by atoms with Crippen LogP contribution in [0, 0.1) is 0 Å². The lowest BCUT2D eigenvalue weighted by Gasteiger charge is -2.23. The predicted molar refractivity (Wildman–Crippen MR) is 118 cm³/mol. The summed E-state index contributed by atoms with van der Waals surface area (Å²) in [7, 11) is 0.